The minimum absolute atomic E-state index is 0.0688. The highest BCUT2D eigenvalue weighted by Crippen LogP contribution is 2.21. The van der Waals surface area contributed by atoms with Gasteiger partial charge in [-0.15, -0.1) is 16.4 Å². The largest absolute Gasteiger partial charge is 0.381 e. The Hall–Kier alpha value is -2.48. The molecular formula is C11H10N6OS. The second-order valence-electron chi connectivity index (χ2n) is 3.92. The van der Waals surface area contributed by atoms with Gasteiger partial charge < -0.3 is 11.1 Å². The van der Waals surface area contributed by atoms with Crippen LogP contribution in [-0.4, -0.2) is 25.9 Å². The molecule has 0 aliphatic rings. The molecule has 0 aliphatic heterocycles. The van der Waals surface area contributed by atoms with E-state index in [4.69, 9.17) is 5.73 Å². The molecule has 0 saturated carbocycles. The number of hydrogen-bond donors (Lipinski definition) is 2. The van der Waals surface area contributed by atoms with Gasteiger partial charge in [0.2, 0.25) is 5.91 Å². The van der Waals surface area contributed by atoms with Gasteiger partial charge in [-0.05, 0) is 18.2 Å². The van der Waals surface area contributed by atoms with Crippen LogP contribution < -0.4 is 11.1 Å². The summed E-state index contributed by atoms with van der Waals surface area (Å²) in [4.78, 5) is 16.0. The van der Waals surface area contributed by atoms with Gasteiger partial charge in [-0.2, -0.15) is 0 Å². The Morgan fingerprint density at radius 3 is 3.16 bits per heavy atom. The van der Waals surface area contributed by atoms with Gasteiger partial charge in [-0.1, -0.05) is 5.21 Å². The van der Waals surface area contributed by atoms with Gasteiger partial charge in [-0.3, -0.25) is 4.79 Å². The third kappa shape index (κ3) is 2.52. The first-order valence-electron chi connectivity index (χ1n) is 5.49. The van der Waals surface area contributed by atoms with Gasteiger partial charge in [0.15, 0.2) is 5.82 Å². The number of thiazole rings is 1. The average Bonchev–Trinajstić information content (AvgIpc) is 2.97. The lowest BCUT2D eigenvalue weighted by Gasteiger charge is -2.04. The number of anilines is 2. The van der Waals surface area contributed by atoms with E-state index in [1.54, 1.807) is 16.8 Å². The zero-order valence-corrected chi connectivity index (χ0v) is 10.6. The smallest absolute Gasteiger partial charge is 0.246 e. The molecule has 0 fully saturated rings. The lowest BCUT2D eigenvalue weighted by atomic mass is 10.3. The summed E-state index contributed by atoms with van der Waals surface area (Å²) in [5.74, 6) is 0.0937. The fourth-order valence-corrected chi connectivity index (χ4v) is 2.33. The molecule has 1 aromatic carbocycles. The van der Waals surface area contributed by atoms with Crippen molar-refractivity contribution < 1.29 is 4.79 Å². The monoisotopic (exact) mass is 274 g/mol. The van der Waals surface area contributed by atoms with Crippen molar-refractivity contribution in [2.75, 3.05) is 11.1 Å². The fraction of sp³-hybridized carbons (Fsp3) is 0.0909. The molecule has 0 spiro atoms. The summed E-state index contributed by atoms with van der Waals surface area (Å²) in [5.41, 5.74) is 8.77. The minimum Gasteiger partial charge on any atom is -0.381 e. The van der Waals surface area contributed by atoms with Crippen molar-refractivity contribution in [3.63, 3.8) is 0 Å². The third-order valence-electron chi connectivity index (χ3n) is 2.48. The summed E-state index contributed by atoms with van der Waals surface area (Å²) in [6, 6.07) is 5.60. The van der Waals surface area contributed by atoms with Gasteiger partial charge in [0.1, 0.15) is 6.54 Å². The molecule has 2 heterocycles. The van der Waals surface area contributed by atoms with Crippen molar-refractivity contribution in [2.45, 2.75) is 6.54 Å². The van der Waals surface area contributed by atoms with E-state index >= 15 is 0 Å². The molecule has 2 aromatic heterocycles. The van der Waals surface area contributed by atoms with E-state index in [2.05, 4.69) is 20.6 Å². The molecule has 0 unspecified atom stereocenters. The molecule has 7 nitrogen and oxygen atoms in total. The lowest BCUT2D eigenvalue weighted by Crippen LogP contribution is -2.19. The Bertz CT molecular complexity index is 733. The van der Waals surface area contributed by atoms with Crippen LogP contribution in [0.1, 0.15) is 0 Å². The number of nitrogen functional groups attached to an aromatic ring is 1. The molecule has 1 amide bonds. The van der Waals surface area contributed by atoms with E-state index in [1.165, 1.54) is 10.9 Å². The maximum absolute atomic E-state index is 11.8. The molecule has 8 heteroatoms. The van der Waals surface area contributed by atoms with Gasteiger partial charge in [0.05, 0.1) is 21.9 Å². The Morgan fingerprint density at radius 1 is 1.47 bits per heavy atom. The average molecular weight is 274 g/mol. The van der Waals surface area contributed by atoms with Crippen LogP contribution in [0.3, 0.4) is 0 Å². The van der Waals surface area contributed by atoms with Crippen molar-refractivity contribution >= 4 is 39.0 Å². The predicted octanol–water partition coefficient (Wildman–Crippen LogP) is 1.11. The van der Waals surface area contributed by atoms with Crippen LogP contribution in [0.5, 0.6) is 0 Å². The van der Waals surface area contributed by atoms with Crippen molar-refractivity contribution in [3.05, 3.63) is 29.9 Å². The van der Waals surface area contributed by atoms with Gasteiger partial charge >= 0.3 is 0 Å². The van der Waals surface area contributed by atoms with E-state index in [1.807, 2.05) is 18.2 Å². The maximum atomic E-state index is 11.8. The first kappa shape index (κ1) is 11.6. The summed E-state index contributed by atoms with van der Waals surface area (Å²) >= 11 is 1.56. The number of rotatable bonds is 3. The van der Waals surface area contributed by atoms with E-state index < -0.39 is 0 Å². The summed E-state index contributed by atoms with van der Waals surface area (Å²) in [6.07, 6.45) is 1.50. The highest BCUT2D eigenvalue weighted by atomic mass is 32.1. The summed E-state index contributed by atoms with van der Waals surface area (Å²) in [6.45, 7) is 0.0688. The number of amides is 1. The van der Waals surface area contributed by atoms with Crippen LogP contribution in [0, 0.1) is 0 Å². The second kappa shape index (κ2) is 4.65. The van der Waals surface area contributed by atoms with Crippen molar-refractivity contribution in [1.29, 1.82) is 0 Å². The molecule has 0 atom stereocenters. The quantitative estimate of drug-likeness (QED) is 0.745. The molecule has 19 heavy (non-hydrogen) atoms. The number of carbonyl (C=O) groups is 1. The molecule has 3 aromatic rings. The number of nitrogens with one attached hydrogen (secondary N) is 1. The number of fused-ring (bicyclic) bond motifs is 1. The van der Waals surface area contributed by atoms with Crippen LogP contribution in [0.2, 0.25) is 0 Å². The van der Waals surface area contributed by atoms with Crippen molar-refractivity contribution in [2.24, 2.45) is 0 Å². The highest BCUT2D eigenvalue weighted by molar-refractivity contribution is 7.16. The number of aromatic nitrogens is 4. The molecule has 0 saturated heterocycles. The fourth-order valence-electron chi connectivity index (χ4n) is 1.67. The normalized spacial score (nSPS) is 10.7. The molecular weight excluding hydrogens is 264 g/mol. The molecule has 0 bridgehead atoms. The molecule has 0 radical (unpaired) electrons. The first-order valence-corrected chi connectivity index (χ1v) is 6.37. The standard InChI is InChI=1S/C11H10N6OS/c12-10-4-17(16-15-10)5-11(18)14-7-1-2-9-8(3-7)13-6-19-9/h1-4,6H,5,12H2,(H,14,18). The Kier molecular flexibility index (Phi) is 2.84. The Morgan fingerprint density at radius 2 is 2.37 bits per heavy atom. The lowest BCUT2D eigenvalue weighted by molar-refractivity contribution is -0.116. The topological polar surface area (TPSA) is 98.7 Å². The first-order chi connectivity index (χ1) is 9.20. The number of hydrogen-bond acceptors (Lipinski definition) is 6. The number of nitrogens with zero attached hydrogens (tertiary/aromatic N) is 4. The zero-order chi connectivity index (χ0) is 13.2. The van der Waals surface area contributed by atoms with E-state index in [9.17, 15) is 4.79 Å². The molecule has 3 N–H and O–H groups in total. The van der Waals surface area contributed by atoms with Crippen LogP contribution >= 0.6 is 11.3 Å². The third-order valence-corrected chi connectivity index (χ3v) is 3.29. The highest BCUT2D eigenvalue weighted by Gasteiger charge is 2.06. The van der Waals surface area contributed by atoms with E-state index in [0.29, 0.717) is 5.69 Å². The maximum Gasteiger partial charge on any atom is 0.246 e. The predicted molar refractivity (Wildman–Crippen MR) is 72.7 cm³/mol. The van der Waals surface area contributed by atoms with Gasteiger partial charge in [0.25, 0.3) is 0 Å². The van der Waals surface area contributed by atoms with Crippen LogP contribution in [0.15, 0.2) is 29.9 Å². The minimum atomic E-state index is -0.195. The number of benzene rings is 1. The van der Waals surface area contributed by atoms with E-state index in [0.717, 1.165) is 10.2 Å². The zero-order valence-electron chi connectivity index (χ0n) is 9.78. The van der Waals surface area contributed by atoms with Crippen LogP contribution in [-0.2, 0) is 11.3 Å². The second-order valence-corrected chi connectivity index (χ2v) is 4.81. The molecule has 0 aliphatic carbocycles. The van der Waals surface area contributed by atoms with Crippen molar-refractivity contribution in [1.82, 2.24) is 20.0 Å². The number of nitrogens with two attached hydrogens (primary N) is 1. The SMILES string of the molecule is Nc1cn(CC(=O)Nc2ccc3scnc3c2)nn1. The summed E-state index contributed by atoms with van der Waals surface area (Å²) < 4.78 is 2.47. The summed E-state index contributed by atoms with van der Waals surface area (Å²) in [5, 5.41) is 10.1. The van der Waals surface area contributed by atoms with Gasteiger partial charge in [0, 0.05) is 5.69 Å². The van der Waals surface area contributed by atoms with E-state index in [-0.39, 0.29) is 18.3 Å². The number of carbonyl (C=O) groups excluding carboxylic acids is 1. The van der Waals surface area contributed by atoms with Crippen molar-refractivity contribution in [3.8, 4) is 0 Å². The summed E-state index contributed by atoms with van der Waals surface area (Å²) in [7, 11) is 0. The molecule has 96 valence electrons. The van der Waals surface area contributed by atoms with Gasteiger partial charge in [-0.25, -0.2) is 9.67 Å². The van der Waals surface area contributed by atoms with Crippen LogP contribution in [0.4, 0.5) is 11.5 Å². The van der Waals surface area contributed by atoms with Crippen LogP contribution in [0.25, 0.3) is 10.2 Å². The Balaban J connectivity index is 1.71. The Labute approximate surface area is 112 Å². The molecule has 3 rings (SSSR count).